The van der Waals surface area contributed by atoms with Gasteiger partial charge in [-0.2, -0.15) is 5.10 Å². The molecule has 4 heterocycles. The highest BCUT2D eigenvalue weighted by atomic mass is 35.5. The summed E-state index contributed by atoms with van der Waals surface area (Å²) in [5, 5.41) is 11.2. The van der Waals surface area contributed by atoms with Crippen LogP contribution in [0.25, 0.3) is 11.0 Å². The largest absolute Gasteiger partial charge is 0.323 e. The summed E-state index contributed by atoms with van der Waals surface area (Å²) >= 11 is 6.59. The second-order valence-corrected chi connectivity index (χ2v) is 6.72. The summed E-state index contributed by atoms with van der Waals surface area (Å²) in [6.45, 7) is 4.87. The van der Waals surface area contributed by atoms with Crippen LogP contribution in [-0.4, -0.2) is 37.2 Å². The monoisotopic (exact) mass is 347 g/mol. The fourth-order valence-corrected chi connectivity index (χ4v) is 3.33. The van der Waals surface area contributed by atoms with Gasteiger partial charge in [-0.25, -0.2) is 19.4 Å². The molecule has 0 radical (unpaired) electrons. The van der Waals surface area contributed by atoms with E-state index in [0.717, 1.165) is 11.1 Å². The number of hydrogen-bond acceptors (Lipinski definition) is 5. The Morgan fingerprint density at radius 2 is 2.17 bits per heavy atom. The quantitative estimate of drug-likeness (QED) is 0.761. The first-order valence-electron chi connectivity index (χ1n) is 7.42. The summed E-state index contributed by atoms with van der Waals surface area (Å²) in [5.41, 5.74) is 1.33. The minimum Gasteiger partial charge on any atom is -0.323 e. The summed E-state index contributed by atoms with van der Waals surface area (Å²) in [5.74, 6) is 1.66. The molecule has 0 aliphatic carbocycles. The zero-order valence-electron chi connectivity index (χ0n) is 13.4. The number of aliphatic imine (C=N–C) groups is 1. The number of aromatic amines is 1. The number of amidine groups is 1. The fourth-order valence-electron chi connectivity index (χ4n) is 2.84. The lowest BCUT2D eigenvalue weighted by Gasteiger charge is -2.25. The molecular formula is C15H15ClFN7. The third-order valence-corrected chi connectivity index (χ3v) is 4.37. The van der Waals surface area contributed by atoms with Gasteiger partial charge < -0.3 is 9.88 Å². The molecule has 0 spiro atoms. The zero-order chi connectivity index (χ0) is 17.1. The Labute approximate surface area is 142 Å². The summed E-state index contributed by atoms with van der Waals surface area (Å²) in [6, 6.07) is 1.85. The number of aryl methyl sites for hydroxylation is 1. The van der Waals surface area contributed by atoms with E-state index in [-0.39, 0.29) is 0 Å². The number of nitrogens with zero attached hydrogens (tertiary/aromatic N) is 5. The molecule has 0 amide bonds. The number of nitrogens with one attached hydrogen (secondary N) is 2. The van der Waals surface area contributed by atoms with Crippen molar-refractivity contribution in [1.82, 2.24) is 24.7 Å². The first kappa shape index (κ1) is 15.1. The fraction of sp³-hybridized carbons (Fsp3) is 0.333. The average molecular weight is 348 g/mol. The molecule has 124 valence electrons. The van der Waals surface area contributed by atoms with Crippen LogP contribution in [-0.2, 0) is 5.54 Å². The average Bonchev–Trinajstić information content (AvgIpc) is 3.19. The summed E-state index contributed by atoms with van der Waals surface area (Å²) < 4.78 is 15.2. The van der Waals surface area contributed by atoms with Crippen LogP contribution in [0, 0.1) is 6.92 Å². The molecule has 3 aromatic heterocycles. The Balaban J connectivity index is 1.90. The van der Waals surface area contributed by atoms with Crippen LogP contribution in [0.15, 0.2) is 17.4 Å². The van der Waals surface area contributed by atoms with Crippen molar-refractivity contribution in [2.45, 2.75) is 26.3 Å². The van der Waals surface area contributed by atoms with Gasteiger partial charge in [0.15, 0.2) is 11.6 Å². The molecule has 0 atom stereocenters. The smallest absolute Gasteiger partial charge is 0.167 e. The van der Waals surface area contributed by atoms with E-state index in [1.807, 2.05) is 13.0 Å². The number of alkyl halides is 1. The van der Waals surface area contributed by atoms with Crippen molar-refractivity contribution in [3.8, 4) is 0 Å². The topological polar surface area (TPSA) is 83.8 Å². The molecule has 1 aliphatic heterocycles. The maximum Gasteiger partial charge on any atom is 0.167 e. The second-order valence-electron chi connectivity index (χ2n) is 6.36. The van der Waals surface area contributed by atoms with E-state index in [1.165, 1.54) is 6.33 Å². The van der Waals surface area contributed by atoms with Crippen LogP contribution in [0.5, 0.6) is 0 Å². The minimum atomic E-state index is -0.829. The first-order chi connectivity index (χ1) is 11.4. The van der Waals surface area contributed by atoms with Crippen LogP contribution in [0.1, 0.15) is 25.1 Å². The zero-order valence-corrected chi connectivity index (χ0v) is 14.1. The Hall–Kier alpha value is -2.48. The Bertz CT molecular complexity index is 985. The van der Waals surface area contributed by atoms with E-state index in [1.54, 1.807) is 18.4 Å². The number of hydrogen-bond donors (Lipinski definition) is 2. The Morgan fingerprint density at radius 3 is 2.83 bits per heavy atom. The number of anilines is 1. The number of H-pyrrole nitrogens is 1. The molecule has 0 fully saturated rings. The summed E-state index contributed by atoms with van der Waals surface area (Å²) in [4.78, 5) is 13.0. The lowest BCUT2D eigenvalue weighted by atomic mass is 10.1. The highest BCUT2D eigenvalue weighted by molar-refractivity contribution is 6.38. The third-order valence-electron chi connectivity index (χ3n) is 4.01. The molecule has 0 unspecified atom stereocenters. The maximum atomic E-state index is 13.6. The van der Waals surface area contributed by atoms with E-state index >= 15 is 0 Å². The highest BCUT2D eigenvalue weighted by Gasteiger charge is 2.34. The van der Waals surface area contributed by atoms with Crippen molar-refractivity contribution < 1.29 is 4.39 Å². The lowest BCUT2D eigenvalue weighted by molar-refractivity contribution is 0.264. The molecule has 4 rings (SSSR count). The van der Waals surface area contributed by atoms with Crippen molar-refractivity contribution in [2.75, 3.05) is 12.0 Å². The van der Waals surface area contributed by atoms with Crippen molar-refractivity contribution in [3.63, 3.8) is 0 Å². The van der Waals surface area contributed by atoms with E-state index in [0.29, 0.717) is 33.8 Å². The van der Waals surface area contributed by atoms with Crippen LogP contribution in [0.4, 0.5) is 16.0 Å². The normalized spacial score (nSPS) is 13.6. The van der Waals surface area contributed by atoms with Gasteiger partial charge in [-0.15, -0.1) is 0 Å². The van der Waals surface area contributed by atoms with Crippen LogP contribution < -0.4 is 5.32 Å². The molecule has 2 N–H and O–H groups in total. The molecule has 7 nitrogen and oxygen atoms in total. The molecular weight excluding hydrogens is 333 g/mol. The molecule has 0 saturated carbocycles. The Kier molecular flexibility index (Phi) is 3.14. The summed E-state index contributed by atoms with van der Waals surface area (Å²) in [7, 11) is 0. The van der Waals surface area contributed by atoms with Gasteiger partial charge in [0, 0.05) is 11.8 Å². The van der Waals surface area contributed by atoms with E-state index in [4.69, 9.17) is 11.6 Å². The third kappa shape index (κ3) is 2.02. The van der Waals surface area contributed by atoms with Gasteiger partial charge in [0.25, 0.3) is 0 Å². The van der Waals surface area contributed by atoms with Gasteiger partial charge in [0.1, 0.15) is 29.6 Å². The molecule has 9 heteroatoms. The van der Waals surface area contributed by atoms with Gasteiger partial charge in [0.2, 0.25) is 0 Å². The predicted octanol–water partition coefficient (Wildman–Crippen LogP) is 3.32. The van der Waals surface area contributed by atoms with Gasteiger partial charge in [-0.1, -0.05) is 11.6 Å². The molecule has 0 aromatic carbocycles. The van der Waals surface area contributed by atoms with E-state index in [9.17, 15) is 4.39 Å². The van der Waals surface area contributed by atoms with Crippen molar-refractivity contribution in [2.24, 2.45) is 4.99 Å². The second kappa shape index (κ2) is 5.01. The molecule has 24 heavy (non-hydrogen) atoms. The standard InChI is InChI=1S/C15H15ClFN7/c1-7-4-8(23-22-7)20-13-9-10-12(21-13)18-6-19-14(10)24(11(9)16)15(2,3)5-17/h4,6H,5H2,1-3H3,(H2,18,19,20,21,22,23). The van der Waals surface area contributed by atoms with Crippen LogP contribution >= 0.6 is 11.6 Å². The number of aromatic nitrogens is 5. The Morgan fingerprint density at radius 1 is 1.38 bits per heavy atom. The van der Waals surface area contributed by atoms with Gasteiger partial charge in [-0.3, -0.25) is 5.10 Å². The molecule has 3 aromatic rings. The van der Waals surface area contributed by atoms with E-state index in [2.05, 4.69) is 30.5 Å². The van der Waals surface area contributed by atoms with Crippen molar-refractivity contribution in [1.29, 1.82) is 0 Å². The number of halogens is 2. The van der Waals surface area contributed by atoms with Crippen molar-refractivity contribution in [3.05, 3.63) is 28.8 Å². The lowest BCUT2D eigenvalue weighted by Crippen LogP contribution is -2.29. The van der Waals surface area contributed by atoms with Gasteiger partial charge in [-0.05, 0) is 20.8 Å². The molecule has 0 bridgehead atoms. The van der Waals surface area contributed by atoms with Crippen molar-refractivity contribution >= 4 is 40.1 Å². The van der Waals surface area contributed by atoms with Gasteiger partial charge in [0.05, 0.1) is 16.5 Å². The highest BCUT2D eigenvalue weighted by Crippen LogP contribution is 2.42. The minimum absolute atomic E-state index is 0.380. The first-order valence-corrected chi connectivity index (χ1v) is 7.79. The van der Waals surface area contributed by atoms with Gasteiger partial charge >= 0.3 is 0 Å². The molecule has 1 aliphatic rings. The van der Waals surface area contributed by atoms with E-state index < -0.39 is 12.2 Å². The molecule has 0 saturated heterocycles. The number of rotatable bonds is 3. The predicted molar refractivity (Wildman–Crippen MR) is 91.0 cm³/mol. The maximum absolute atomic E-state index is 13.6. The summed E-state index contributed by atoms with van der Waals surface area (Å²) in [6.07, 6.45) is 1.41. The SMILES string of the molecule is Cc1cc(NC2=Nc3ncnc4c3c2c(Cl)n4C(C)(C)CF)n[nH]1. The van der Waals surface area contributed by atoms with Crippen LogP contribution in [0.2, 0.25) is 5.15 Å². The van der Waals surface area contributed by atoms with Crippen LogP contribution in [0.3, 0.4) is 0 Å².